The van der Waals surface area contributed by atoms with Crippen LogP contribution in [0.5, 0.6) is 0 Å². The van der Waals surface area contributed by atoms with Crippen molar-refractivity contribution < 1.29 is 9.53 Å². The summed E-state index contributed by atoms with van der Waals surface area (Å²) in [5, 5.41) is 13.2. The van der Waals surface area contributed by atoms with Gasteiger partial charge >= 0.3 is 5.97 Å². The first-order valence-corrected chi connectivity index (χ1v) is 3.27. The Labute approximate surface area is 68.7 Å². The van der Waals surface area contributed by atoms with Crippen LogP contribution < -0.4 is 5.32 Å². The number of tetrazole rings is 1. The molecular weight excluding hydrogens is 162 g/mol. The number of carbonyl (C=O) groups is 1. The minimum Gasteiger partial charge on any atom is -0.468 e. The molecule has 7 heteroatoms. The lowest BCUT2D eigenvalue weighted by Crippen LogP contribution is -2.17. The Morgan fingerprint density at radius 1 is 1.75 bits per heavy atom. The Bertz CT molecular complexity index is 271. The Hall–Kier alpha value is -1.66. The third-order valence-corrected chi connectivity index (χ3v) is 1.24. The van der Waals surface area contributed by atoms with Gasteiger partial charge in [-0.15, -0.1) is 0 Å². The highest BCUT2D eigenvalue weighted by atomic mass is 16.5. The van der Waals surface area contributed by atoms with E-state index in [0.717, 1.165) is 0 Å². The van der Waals surface area contributed by atoms with E-state index in [1.54, 1.807) is 7.05 Å². The maximum absolute atomic E-state index is 10.7. The van der Waals surface area contributed by atoms with Gasteiger partial charge in [-0.3, -0.25) is 4.79 Å². The number of nitrogens with one attached hydrogen (secondary N) is 1. The van der Waals surface area contributed by atoms with E-state index in [1.165, 1.54) is 11.8 Å². The van der Waals surface area contributed by atoms with Gasteiger partial charge in [0.1, 0.15) is 6.54 Å². The van der Waals surface area contributed by atoms with E-state index in [0.29, 0.717) is 5.95 Å². The fourth-order valence-electron chi connectivity index (χ4n) is 0.603. The summed E-state index contributed by atoms with van der Waals surface area (Å²) < 4.78 is 5.83. The molecule has 0 atom stereocenters. The van der Waals surface area contributed by atoms with Crippen molar-refractivity contribution in [1.29, 1.82) is 0 Å². The number of aryl methyl sites for hydroxylation is 1. The number of rotatable bonds is 3. The van der Waals surface area contributed by atoms with Crippen LogP contribution in [0.25, 0.3) is 0 Å². The van der Waals surface area contributed by atoms with Crippen LogP contribution in [0.15, 0.2) is 0 Å². The van der Waals surface area contributed by atoms with E-state index >= 15 is 0 Å². The lowest BCUT2D eigenvalue weighted by Gasteiger charge is -2.00. The van der Waals surface area contributed by atoms with Gasteiger partial charge in [-0.05, 0) is 10.4 Å². The van der Waals surface area contributed by atoms with Gasteiger partial charge in [-0.25, -0.2) is 4.68 Å². The maximum Gasteiger partial charge on any atom is 0.325 e. The van der Waals surface area contributed by atoms with E-state index in [9.17, 15) is 4.79 Å². The number of ether oxygens (including phenoxy) is 1. The molecule has 0 saturated heterocycles. The summed E-state index contributed by atoms with van der Waals surface area (Å²) >= 11 is 0. The van der Waals surface area contributed by atoms with Crippen molar-refractivity contribution in [2.75, 3.05) is 19.0 Å². The van der Waals surface area contributed by atoms with Crippen molar-refractivity contribution in [1.82, 2.24) is 20.2 Å². The summed E-state index contributed by atoms with van der Waals surface area (Å²) in [6, 6.07) is 0. The molecule has 1 N–H and O–H groups in total. The van der Waals surface area contributed by atoms with Gasteiger partial charge in [-0.2, -0.15) is 0 Å². The molecular formula is C5H9N5O2. The van der Waals surface area contributed by atoms with E-state index < -0.39 is 0 Å². The quantitative estimate of drug-likeness (QED) is 0.575. The summed E-state index contributed by atoms with van der Waals surface area (Å²) in [5.74, 6) is 0.0680. The minimum absolute atomic E-state index is 0.0602. The molecule has 0 aliphatic rings. The lowest BCUT2D eigenvalue weighted by atomic mass is 10.6. The molecule has 1 rings (SSSR count). The first-order chi connectivity index (χ1) is 5.74. The van der Waals surface area contributed by atoms with Gasteiger partial charge in [0, 0.05) is 7.05 Å². The standard InChI is InChI=1S/C5H9N5O2/c1-10-5(7-8-9-10)6-3-4(11)12-2/h3H2,1-2H3,(H,6,7,9). The minimum atomic E-state index is -0.363. The maximum atomic E-state index is 10.7. The molecule has 0 fully saturated rings. The lowest BCUT2D eigenvalue weighted by molar-refractivity contribution is -0.138. The third kappa shape index (κ3) is 1.91. The van der Waals surface area contributed by atoms with Crippen LogP contribution >= 0.6 is 0 Å². The molecule has 0 unspecified atom stereocenters. The van der Waals surface area contributed by atoms with Crippen LogP contribution in [-0.4, -0.2) is 39.8 Å². The molecule has 7 nitrogen and oxygen atoms in total. The van der Waals surface area contributed by atoms with Gasteiger partial charge in [0.2, 0.25) is 5.95 Å². The molecule has 12 heavy (non-hydrogen) atoms. The van der Waals surface area contributed by atoms with Crippen LogP contribution in [0, 0.1) is 0 Å². The van der Waals surface area contributed by atoms with Crippen LogP contribution in [0.4, 0.5) is 5.95 Å². The van der Waals surface area contributed by atoms with E-state index in [1.807, 2.05) is 0 Å². The molecule has 0 saturated carbocycles. The Morgan fingerprint density at radius 3 is 3.00 bits per heavy atom. The number of aromatic nitrogens is 4. The number of nitrogens with zero attached hydrogens (tertiary/aromatic N) is 4. The van der Waals surface area contributed by atoms with Gasteiger partial charge in [-0.1, -0.05) is 5.10 Å². The van der Waals surface area contributed by atoms with E-state index in [-0.39, 0.29) is 12.5 Å². The summed E-state index contributed by atoms with van der Waals surface area (Å²) in [6.45, 7) is 0.0602. The first kappa shape index (κ1) is 8.44. The smallest absolute Gasteiger partial charge is 0.325 e. The normalized spacial score (nSPS) is 9.50. The Kier molecular flexibility index (Phi) is 2.57. The molecule has 0 amide bonds. The summed E-state index contributed by atoms with van der Waals surface area (Å²) in [7, 11) is 2.98. The second kappa shape index (κ2) is 3.65. The largest absolute Gasteiger partial charge is 0.468 e. The van der Waals surface area contributed by atoms with Crippen molar-refractivity contribution in [3.05, 3.63) is 0 Å². The predicted molar refractivity (Wildman–Crippen MR) is 39.3 cm³/mol. The second-order valence-electron chi connectivity index (χ2n) is 2.06. The highest BCUT2D eigenvalue weighted by molar-refractivity contribution is 5.73. The van der Waals surface area contributed by atoms with Crippen LogP contribution in [0.2, 0.25) is 0 Å². The molecule has 0 radical (unpaired) electrons. The molecule has 0 spiro atoms. The highest BCUT2D eigenvalue weighted by Crippen LogP contribution is 1.93. The molecule has 0 aliphatic heterocycles. The average Bonchev–Trinajstić information content (AvgIpc) is 2.47. The first-order valence-electron chi connectivity index (χ1n) is 3.27. The molecule has 0 aromatic carbocycles. The monoisotopic (exact) mass is 171 g/mol. The highest BCUT2D eigenvalue weighted by Gasteiger charge is 2.03. The van der Waals surface area contributed by atoms with Crippen molar-refractivity contribution >= 4 is 11.9 Å². The van der Waals surface area contributed by atoms with E-state index in [4.69, 9.17) is 0 Å². The summed E-state index contributed by atoms with van der Waals surface area (Å²) in [4.78, 5) is 10.7. The number of carbonyl (C=O) groups excluding carboxylic acids is 1. The zero-order chi connectivity index (χ0) is 8.97. The Morgan fingerprint density at radius 2 is 2.50 bits per heavy atom. The van der Waals surface area contributed by atoms with Gasteiger partial charge in [0.25, 0.3) is 0 Å². The Balaban J connectivity index is 2.43. The zero-order valence-electron chi connectivity index (χ0n) is 6.81. The molecule has 1 heterocycles. The van der Waals surface area contributed by atoms with Crippen LogP contribution in [0.3, 0.4) is 0 Å². The number of esters is 1. The summed E-state index contributed by atoms with van der Waals surface area (Å²) in [5.41, 5.74) is 0. The fraction of sp³-hybridized carbons (Fsp3) is 0.600. The number of hydrogen-bond acceptors (Lipinski definition) is 6. The van der Waals surface area contributed by atoms with Crippen molar-refractivity contribution in [3.8, 4) is 0 Å². The van der Waals surface area contributed by atoms with Gasteiger partial charge < -0.3 is 10.1 Å². The van der Waals surface area contributed by atoms with Crippen molar-refractivity contribution in [3.63, 3.8) is 0 Å². The fourth-order valence-corrected chi connectivity index (χ4v) is 0.603. The van der Waals surface area contributed by atoms with Crippen LogP contribution in [0.1, 0.15) is 0 Å². The summed E-state index contributed by atoms with van der Waals surface area (Å²) in [6.07, 6.45) is 0. The molecule has 0 bridgehead atoms. The van der Waals surface area contributed by atoms with Crippen molar-refractivity contribution in [2.45, 2.75) is 0 Å². The zero-order valence-corrected chi connectivity index (χ0v) is 6.81. The second-order valence-corrected chi connectivity index (χ2v) is 2.06. The molecule has 1 aromatic heterocycles. The predicted octanol–water partition coefficient (Wildman–Crippen LogP) is -1.21. The number of hydrogen-bond donors (Lipinski definition) is 1. The van der Waals surface area contributed by atoms with Crippen LogP contribution in [-0.2, 0) is 16.6 Å². The third-order valence-electron chi connectivity index (χ3n) is 1.24. The number of methoxy groups -OCH3 is 1. The van der Waals surface area contributed by atoms with Gasteiger partial charge in [0.15, 0.2) is 0 Å². The molecule has 0 aliphatic carbocycles. The average molecular weight is 171 g/mol. The van der Waals surface area contributed by atoms with Crippen molar-refractivity contribution in [2.24, 2.45) is 7.05 Å². The molecule has 66 valence electrons. The number of anilines is 1. The topological polar surface area (TPSA) is 81.9 Å². The van der Waals surface area contributed by atoms with Gasteiger partial charge in [0.05, 0.1) is 7.11 Å². The van der Waals surface area contributed by atoms with E-state index in [2.05, 4.69) is 25.6 Å². The molecule has 1 aromatic rings. The SMILES string of the molecule is COC(=O)CNc1nnnn1C.